The normalized spacial score (nSPS) is 11.5. The lowest BCUT2D eigenvalue weighted by Gasteiger charge is -2.16. The van der Waals surface area contributed by atoms with Gasteiger partial charge >= 0.3 is 0 Å². The number of hydrogen-bond acceptors (Lipinski definition) is 3. The molecule has 3 heterocycles. The number of benzene rings is 6. The molecule has 0 fully saturated rings. The first-order valence-corrected chi connectivity index (χ1v) is 15.4. The number of aromatic nitrogens is 3. The van der Waals surface area contributed by atoms with E-state index in [1.54, 1.807) is 0 Å². The Bertz CT molecular complexity index is 2480. The molecule has 3 aromatic heterocycles. The van der Waals surface area contributed by atoms with Crippen LogP contribution in [0, 0.1) is 0 Å². The lowest BCUT2D eigenvalue weighted by Crippen LogP contribution is -1.99. The van der Waals surface area contributed by atoms with Gasteiger partial charge in [-0.15, -0.1) is 0 Å². The first kappa shape index (κ1) is 26.2. The van der Waals surface area contributed by atoms with Gasteiger partial charge in [0.05, 0.1) is 22.4 Å². The lowest BCUT2D eigenvalue weighted by atomic mass is 9.99. The molecular weight excluding hydrogens is 562 g/mol. The number of rotatable bonds is 5. The molecule has 9 rings (SSSR count). The van der Waals surface area contributed by atoms with Crippen molar-refractivity contribution >= 4 is 32.9 Å². The summed E-state index contributed by atoms with van der Waals surface area (Å²) in [5.41, 5.74) is 12.5. The fraction of sp³-hybridized carbons (Fsp3) is 0. The Morgan fingerprint density at radius 1 is 0.478 bits per heavy atom. The van der Waals surface area contributed by atoms with Gasteiger partial charge in [-0.1, -0.05) is 103 Å². The minimum atomic E-state index is 0.607. The van der Waals surface area contributed by atoms with Crippen LogP contribution in [0.1, 0.15) is 0 Å². The van der Waals surface area contributed by atoms with Gasteiger partial charge in [-0.3, -0.25) is 4.98 Å². The molecule has 0 radical (unpaired) electrons. The maximum Gasteiger partial charge on any atom is 0.227 e. The van der Waals surface area contributed by atoms with Gasteiger partial charge in [0.1, 0.15) is 5.52 Å². The van der Waals surface area contributed by atoms with Crippen molar-refractivity contribution in [3.63, 3.8) is 0 Å². The van der Waals surface area contributed by atoms with Gasteiger partial charge in [-0.05, 0) is 71.3 Å². The van der Waals surface area contributed by atoms with Crippen molar-refractivity contribution in [2.45, 2.75) is 0 Å². The Hall–Kier alpha value is -6.26. The molecular formula is C42H27N3O. The van der Waals surface area contributed by atoms with Gasteiger partial charge in [0, 0.05) is 33.7 Å². The van der Waals surface area contributed by atoms with Gasteiger partial charge in [0.15, 0.2) is 5.58 Å². The van der Waals surface area contributed by atoms with Crippen LogP contribution < -0.4 is 0 Å². The van der Waals surface area contributed by atoms with E-state index in [0.29, 0.717) is 5.89 Å². The van der Waals surface area contributed by atoms with E-state index in [-0.39, 0.29) is 0 Å². The van der Waals surface area contributed by atoms with E-state index >= 15 is 0 Å². The molecule has 0 N–H and O–H groups in total. The summed E-state index contributed by atoms with van der Waals surface area (Å²) < 4.78 is 8.63. The predicted molar refractivity (Wildman–Crippen MR) is 188 cm³/mol. The van der Waals surface area contributed by atoms with Crippen LogP contribution in [0.3, 0.4) is 0 Å². The molecule has 6 aromatic carbocycles. The molecule has 0 spiro atoms. The number of fused-ring (bicyclic) bond motifs is 4. The average Bonchev–Trinajstić information content (AvgIpc) is 3.71. The quantitative estimate of drug-likeness (QED) is 0.201. The zero-order valence-electron chi connectivity index (χ0n) is 24.8. The van der Waals surface area contributed by atoms with E-state index in [2.05, 4.69) is 131 Å². The molecule has 0 amide bonds. The van der Waals surface area contributed by atoms with Crippen LogP contribution in [0.5, 0.6) is 0 Å². The summed E-state index contributed by atoms with van der Waals surface area (Å²) in [5.74, 6) is 0.607. The minimum absolute atomic E-state index is 0.607. The highest BCUT2D eigenvalue weighted by Gasteiger charge is 2.19. The average molecular weight is 590 g/mol. The highest BCUT2D eigenvalue weighted by Crippen LogP contribution is 2.40. The molecule has 0 saturated carbocycles. The smallest absolute Gasteiger partial charge is 0.227 e. The van der Waals surface area contributed by atoms with Crippen molar-refractivity contribution in [3.8, 4) is 50.7 Å². The van der Waals surface area contributed by atoms with Gasteiger partial charge in [-0.25, -0.2) is 4.98 Å². The standard InChI is InChI=1S/C42H27N3O/c1-3-11-28(12-4-1)30-20-23-38-35(25-30)34-22-19-32(42-44-37-16-7-8-17-41(37)46-42)27-40(34)45(38)39-26-31(36-15-9-10-24-43-36)18-21-33(39)29-13-5-2-6-14-29/h1-27H. The third-order valence-electron chi connectivity index (χ3n) is 8.70. The molecule has 9 aromatic rings. The van der Waals surface area contributed by atoms with Crippen molar-refractivity contribution in [1.82, 2.24) is 14.5 Å². The van der Waals surface area contributed by atoms with Crippen LogP contribution in [0.4, 0.5) is 0 Å². The van der Waals surface area contributed by atoms with E-state index in [1.165, 1.54) is 16.5 Å². The molecule has 0 aliphatic rings. The molecule has 0 unspecified atom stereocenters. The largest absolute Gasteiger partial charge is 0.436 e. The van der Waals surface area contributed by atoms with Crippen LogP contribution in [0.2, 0.25) is 0 Å². The second-order valence-corrected chi connectivity index (χ2v) is 11.5. The van der Waals surface area contributed by atoms with Gasteiger partial charge in [0.2, 0.25) is 5.89 Å². The van der Waals surface area contributed by atoms with Crippen LogP contribution in [0.15, 0.2) is 168 Å². The Kier molecular flexibility index (Phi) is 6.10. The number of para-hydroxylation sites is 2. The Morgan fingerprint density at radius 2 is 1.22 bits per heavy atom. The second kappa shape index (κ2) is 10.7. The molecule has 216 valence electrons. The molecule has 4 nitrogen and oxygen atoms in total. The third kappa shape index (κ3) is 4.39. The molecule has 46 heavy (non-hydrogen) atoms. The summed E-state index contributed by atoms with van der Waals surface area (Å²) in [6, 6.07) is 55.1. The predicted octanol–water partition coefficient (Wildman–Crippen LogP) is 11.0. The summed E-state index contributed by atoms with van der Waals surface area (Å²) in [6.07, 6.45) is 1.85. The fourth-order valence-corrected chi connectivity index (χ4v) is 6.49. The SMILES string of the molecule is c1ccc(-c2ccc3c(c2)c2ccc(-c4nc5ccccc5o4)cc2n3-c2cc(-c3ccccn3)ccc2-c2ccccc2)cc1. The lowest BCUT2D eigenvalue weighted by molar-refractivity contribution is 0.620. The highest BCUT2D eigenvalue weighted by molar-refractivity contribution is 6.12. The van der Waals surface area contributed by atoms with Crippen molar-refractivity contribution in [2.24, 2.45) is 0 Å². The van der Waals surface area contributed by atoms with Crippen LogP contribution in [-0.4, -0.2) is 14.5 Å². The monoisotopic (exact) mass is 589 g/mol. The number of hydrogen-bond donors (Lipinski definition) is 0. The van der Waals surface area contributed by atoms with Crippen molar-refractivity contribution < 1.29 is 4.42 Å². The molecule has 0 aliphatic heterocycles. The van der Waals surface area contributed by atoms with Gasteiger partial charge in [0.25, 0.3) is 0 Å². The summed E-state index contributed by atoms with van der Waals surface area (Å²) in [5, 5.41) is 2.35. The zero-order chi connectivity index (χ0) is 30.5. The maximum absolute atomic E-state index is 6.24. The molecule has 0 aliphatic carbocycles. The van der Waals surface area contributed by atoms with Crippen LogP contribution >= 0.6 is 0 Å². The Labute approximate surface area is 265 Å². The zero-order valence-corrected chi connectivity index (χ0v) is 24.8. The number of pyridine rings is 1. The minimum Gasteiger partial charge on any atom is -0.436 e. The van der Waals surface area contributed by atoms with Gasteiger partial charge < -0.3 is 8.98 Å². The van der Waals surface area contributed by atoms with E-state index in [0.717, 1.165) is 61.2 Å². The van der Waals surface area contributed by atoms with Crippen molar-refractivity contribution in [1.29, 1.82) is 0 Å². The van der Waals surface area contributed by atoms with Crippen molar-refractivity contribution in [3.05, 3.63) is 164 Å². The Balaban J connectivity index is 1.36. The molecule has 0 bridgehead atoms. The summed E-state index contributed by atoms with van der Waals surface area (Å²) >= 11 is 0. The van der Waals surface area contributed by atoms with Crippen LogP contribution in [0.25, 0.3) is 83.6 Å². The van der Waals surface area contributed by atoms with Gasteiger partial charge in [-0.2, -0.15) is 0 Å². The molecule has 4 heteroatoms. The molecule has 0 atom stereocenters. The maximum atomic E-state index is 6.24. The number of nitrogens with zero attached hydrogens (tertiary/aromatic N) is 3. The van der Waals surface area contributed by atoms with E-state index in [9.17, 15) is 0 Å². The van der Waals surface area contributed by atoms with Crippen LogP contribution in [-0.2, 0) is 0 Å². The Morgan fingerprint density at radius 3 is 2.02 bits per heavy atom. The second-order valence-electron chi connectivity index (χ2n) is 11.5. The topological polar surface area (TPSA) is 43.9 Å². The summed E-state index contributed by atoms with van der Waals surface area (Å²) in [7, 11) is 0. The fourth-order valence-electron chi connectivity index (χ4n) is 6.49. The van der Waals surface area contributed by atoms with Crippen molar-refractivity contribution in [2.75, 3.05) is 0 Å². The highest BCUT2D eigenvalue weighted by atomic mass is 16.3. The first-order chi connectivity index (χ1) is 22.8. The molecule has 0 saturated heterocycles. The summed E-state index contributed by atoms with van der Waals surface area (Å²) in [4.78, 5) is 9.52. The van der Waals surface area contributed by atoms with E-state index < -0.39 is 0 Å². The first-order valence-electron chi connectivity index (χ1n) is 15.4. The van der Waals surface area contributed by atoms with E-state index in [1.807, 2.05) is 42.6 Å². The third-order valence-corrected chi connectivity index (χ3v) is 8.70. The summed E-state index contributed by atoms with van der Waals surface area (Å²) in [6.45, 7) is 0. The van der Waals surface area contributed by atoms with E-state index in [4.69, 9.17) is 9.40 Å². The number of oxazole rings is 1.